The van der Waals surface area contributed by atoms with E-state index in [1.54, 1.807) is 0 Å². The van der Waals surface area contributed by atoms with Gasteiger partial charge in [0.2, 0.25) is 5.91 Å². The maximum absolute atomic E-state index is 12.4. The molecule has 2 bridgehead atoms. The van der Waals surface area contributed by atoms with Gasteiger partial charge in [-0.1, -0.05) is 0 Å². The summed E-state index contributed by atoms with van der Waals surface area (Å²) < 4.78 is 5.53. The highest BCUT2D eigenvalue weighted by Crippen LogP contribution is 2.49. The van der Waals surface area contributed by atoms with Crippen LogP contribution in [0.4, 0.5) is 4.79 Å². The molecule has 3 aliphatic heterocycles. The van der Waals surface area contributed by atoms with E-state index in [2.05, 4.69) is 5.32 Å². The van der Waals surface area contributed by atoms with Crippen LogP contribution >= 0.6 is 0 Å². The van der Waals surface area contributed by atoms with Crippen molar-refractivity contribution in [2.75, 3.05) is 6.54 Å². The molecule has 3 saturated heterocycles. The van der Waals surface area contributed by atoms with Crippen LogP contribution < -0.4 is 5.32 Å². The lowest BCUT2D eigenvalue weighted by Gasteiger charge is -2.44. The van der Waals surface area contributed by atoms with Crippen molar-refractivity contribution in [2.24, 2.45) is 5.41 Å². The zero-order chi connectivity index (χ0) is 14.5. The highest BCUT2D eigenvalue weighted by atomic mass is 16.6. The molecule has 0 aromatic rings. The maximum atomic E-state index is 12.4. The van der Waals surface area contributed by atoms with E-state index in [4.69, 9.17) is 4.74 Å². The average Bonchev–Trinajstić information content (AvgIpc) is 2.77. The molecule has 0 aliphatic carbocycles. The minimum absolute atomic E-state index is 0.0848. The fourth-order valence-corrected chi connectivity index (χ4v) is 4.10. The summed E-state index contributed by atoms with van der Waals surface area (Å²) >= 11 is 0. The Bertz CT molecular complexity index is 427. The molecule has 0 unspecified atom stereocenters. The second kappa shape index (κ2) is 4.37. The maximum Gasteiger partial charge on any atom is 0.410 e. The first-order chi connectivity index (χ1) is 9.28. The van der Waals surface area contributed by atoms with Gasteiger partial charge in [-0.05, 0) is 46.5 Å². The lowest BCUT2D eigenvalue weighted by molar-refractivity contribution is -0.120. The Hall–Kier alpha value is -1.26. The fraction of sp³-hybridized carbons (Fsp3) is 0.867. The Morgan fingerprint density at radius 2 is 1.90 bits per heavy atom. The van der Waals surface area contributed by atoms with Gasteiger partial charge in [-0.3, -0.25) is 4.79 Å². The minimum atomic E-state index is -0.448. The zero-order valence-corrected chi connectivity index (χ0v) is 12.6. The number of ether oxygens (including phenoxy) is 1. The van der Waals surface area contributed by atoms with E-state index in [1.807, 2.05) is 25.7 Å². The molecule has 0 aromatic carbocycles. The average molecular weight is 280 g/mol. The first-order valence-corrected chi connectivity index (χ1v) is 7.56. The SMILES string of the molecule is CC(C)(C)OC(=O)N1[C@@H]2CC[C@@H]1CC1(CNC(=O)C1)C2. The molecule has 112 valence electrons. The van der Waals surface area contributed by atoms with Crippen molar-refractivity contribution in [3.05, 3.63) is 0 Å². The second-order valence-electron chi connectivity index (χ2n) is 7.63. The Kier molecular flexibility index (Phi) is 2.99. The predicted octanol–water partition coefficient (Wildman–Crippen LogP) is 2.05. The number of nitrogens with zero attached hydrogens (tertiary/aromatic N) is 1. The molecule has 3 heterocycles. The normalized spacial score (nSPS) is 36.4. The minimum Gasteiger partial charge on any atom is -0.444 e. The molecule has 0 radical (unpaired) electrons. The van der Waals surface area contributed by atoms with Crippen molar-refractivity contribution in [3.8, 4) is 0 Å². The number of carbonyl (C=O) groups is 2. The van der Waals surface area contributed by atoms with Crippen LogP contribution in [-0.2, 0) is 9.53 Å². The first-order valence-electron chi connectivity index (χ1n) is 7.56. The van der Waals surface area contributed by atoms with Gasteiger partial charge in [0.05, 0.1) is 0 Å². The molecule has 3 rings (SSSR count). The Labute approximate surface area is 120 Å². The quantitative estimate of drug-likeness (QED) is 0.739. The van der Waals surface area contributed by atoms with E-state index in [0.29, 0.717) is 6.42 Å². The number of carbonyl (C=O) groups excluding carboxylic acids is 2. The second-order valence-corrected chi connectivity index (χ2v) is 7.63. The van der Waals surface area contributed by atoms with Crippen LogP contribution in [0.15, 0.2) is 0 Å². The molecule has 2 atom stereocenters. The fourth-order valence-electron chi connectivity index (χ4n) is 4.10. The van der Waals surface area contributed by atoms with Crippen molar-refractivity contribution in [2.45, 2.75) is 70.6 Å². The third-order valence-electron chi connectivity index (χ3n) is 4.76. The molecule has 5 nitrogen and oxygen atoms in total. The molecule has 1 N–H and O–H groups in total. The number of hydrogen-bond acceptors (Lipinski definition) is 3. The molecular weight excluding hydrogens is 256 g/mol. The summed E-state index contributed by atoms with van der Waals surface area (Å²) in [6, 6.07) is 0.493. The summed E-state index contributed by atoms with van der Waals surface area (Å²) in [7, 11) is 0. The third kappa shape index (κ3) is 2.38. The van der Waals surface area contributed by atoms with Gasteiger partial charge in [-0.15, -0.1) is 0 Å². The monoisotopic (exact) mass is 280 g/mol. The van der Waals surface area contributed by atoms with Crippen molar-refractivity contribution >= 4 is 12.0 Å². The van der Waals surface area contributed by atoms with Gasteiger partial charge in [-0.2, -0.15) is 0 Å². The lowest BCUT2D eigenvalue weighted by Crippen LogP contribution is -2.52. The van der Waals surface area contributed by atoms with Crippen molar-refractivity contribution < 1.29 is 14.3 Å². The van der Waals surface area contributed by atoms with Gasteiger partial charge >= 0.3 is 6.09 Å². The molecule has 20 heavy (non-hydrogen) atoms. The van der Waals surface area contributed by atoms with Crippen molar-refractivity contribution in [1.29, 1.82) is 0 Å². The van der Waals surface area contributed by atoms with Crippen LogP contribution in [0.1, 0.15) is 52.9 Å². The molecule has 5 heteroatoms. The summed E-state index contributed by atoms with van der Waals surface area (Å²) in [6.45, 7) is 6.48. The number of amides is 2. The van der Waals surface area contributed by atoms with Crippen LogP contribution in [0.5, 0.6) is 0 Å². The topological polar surface area (TPSA) is 58.6 Å². The Morgan fingerprint density at radius 1 is 1.30 bits per heavy atom. The Morgan fingerprint density at radius 3 is 2.35 bits per heavy atom. The zero-order valence-electron chi connectivity index (χ0n) is 12.6. The van der Waals surface area contributed by atoms with Crippen LogP contribution in [0.2, 0.25) is 0 Å². The lowest BCUT2D eigenvalue weighted by atomic mass is 9.74. The van der Waals surface area contributed by atoms with E-state index >= 15 is 0 Å². The van der Waals surface area contributed by atoms with Crippen LogP contribution in [0.3, 0.4) is 0 Å². The van der Waals surface area contributed by atoms with Crippen LogP contribution in [-0.4, -0.2) is 41.1 Å². The van der Waals surface area contributed by atoms with Gasteiger partial charge in [-0.25, -0.2) is 4.79 Å². The van der Waals surface area contributed by atoms with Crippen molar-refractivity contribution in [1.82, 2.24) is 10.2 Å². The summed E-state index contributed by atoms with van der Waals surface area (Å²) in [4.78, 5) is 25.8. The predicted molar refractivity (Wildman–Crippen MR) is 74.2 cm³/mol. The third-order valence-corrected chi connectivity index (χ3v) is 4.76. The molecular formula is C15H24N2O3. The van der Waals surface area contributed by atoms with E-state index in [9.17, 15) is 9.59 Å². The van der Waals surface area contributed by atoms with Crippen LogP contribution in [0.25, 0.3) is 0 Å². The first kappa shape index (κ1) is 13.7. The van der Waals surface area contributed by atoms with Gasteiger partial charge in [0.25, 0.3) is 0 Å². The van der Waals surface area contributed by atoms with Gasteiger partial charge in [0, 0.05) is 30.5 Å². The van der Waals surface area contributed by atoms with Crippen LogP contribution in [0, 0.1) is 5.41 Å². The number of nitrogens with one attached hydrogen (secondary N) is 1. The summed E-state index contributed by atoms with van der Waals surface area (Å²) in [6.07, 6.45) is 4.39. The standard InChI is InChI=1S/C15H24N2O3/c1-14(2,3)20-13(19)17-10-4-5-11(17)7-15(6-10)8-12(18)16-9-15/h10-11H,4-9H2,1-3H3,(H,16,18)/t10-,11-/m1/s1. The largest absolute Gasteiger partial charge is 0.444 e. The Balaban J connectivity index is 1.72. The van der Waals surface area contributed by atoms with E-state index in [0.717, 1.165) is 32.2 Å². The smallest absolute Gasteiger partial charge is 0.410 e. The van der Waals surface area contributed by atoms with E-state index in [-0.39, 0.29) is 29.5 Å². The van der Waals surface area contributed by atoms with Crippen molar-refractivity contribution in [3.63, 3.8) is 0 Å². The number of fused-ring (bicyclic) bond motifs is 2. The number of piperidine rings is 1. The molecule has 3 fully saturated rings. The summed E-state index contributed by atoms with van der Waals surface area (Å²) in [5, 5.41) is 2.96. The highest BCUT2D eigenvalue weighted by Gasteiger charge is 2.53. The summed E-state index contributed by atoms with van der Waals surface area (Å²) in [5.74, 6) is 0.162. The van der Waals surface area contributed by atoms with E-state index in [1.165, 1.54) is 0 Å². The number of hydrogen-bond donors (Lipinski definition) is 1. The summed E-state index contributed by atoms with van der Waals surface area (Å²) in [5.41, 5.74) is -0.363. The molecule has 2 amide bonds. The molecule has 1 spiro atoms. The van der Waals surface area contributed by atoms with E-state index < -0.39 is 5.60 Å². The molecule has 0 aromatic heterocycles. The molecule has 3 aliphatic rings. The molecule has 0 saturated carbocycles. The van der Waals surface area contributed by atoms with Gasteiger partial charge in [0.1, 0.15) is 5.60 Å². The van der Waals surface area contributed by atoms with Gasteiger partial charge in [0.15, 0.2) is 0 Å². The number of rotatable bonds is 0. The highest BCUT2D eigenvalue weighted by molar-refractivity contribution is 5.79. The van der Waals surface area contributed by atoms with Gasteiger partial charge < -0.3 is 15.0 Å².